The lowest BCUT2D eigenvalue weighted by molar-refractivity contribution is -0.361. The van der Waals surface area contributed by atoms with E-state index in [1.54, 1.807) is 0 Å². The van der Waals surface area contributed by atoms with Crippen LogP contribution in [0, 0.1) is 0 Å². The average Bonchev–Trinajstić information content (AvgIpc) is 3.12. The third-order valence-electron chi connectivity index (χ3n) is 9.30. The molecule has 3 aliphatic heterocycles. The van der Waals surface area contributed by atoms with Crippen molar-refractivity contribution < 1.29 is 94.1 Å². The number of aliphatic hydroxyl groups is 9. The van der Waals surface area contributed by atoms with Crippen molar-refractivity contribution in [2.45, 2.75) is 99.0 Å². The van der Waals surface area contributed by atoms with Gasteiger partial charge in [0, 0.05) is 17.7 Å². The maximum Gasteiger partial charge on any atom is 0.239 e. The third-order valence-corrected chi connectivity index (χ3v) is 9.30. The molecule has 3 aromatic rings. The Morgan fingerprint density at radius 3 is 1.96 bits per heavy atom. The molecule has 0 saturated carbocycles. The van der Waals surface area contributed by atoms with E-state index in [0.29, 0.717) is 0 Å². The van der Waals surface area contributed by atoms with Crippen LogP contribution >= 0.6 is 0 Å². The summed E-state index contributed by atoms with van der Waals surface area (Å²) in [5.41, 5.74) is -1.09. The van der Waals surface area contributed by atoms with Crippen molar-refractivity contribution >= 4 is 11.0 Å². The number of phenolic OH excluding ortho intramolecular Hbond substituents is 3. The zero-order valence-electron chi connectivity index (χ0n) is 27.7. The lowest BCUT2D eigenvalue weighted by Crippen LogP contribution is -2.64. The molecule has 0 unspecified atom stereocenters. The number of aromatic hydroxyl groups is 3. The SMILES string of the molecule is C[C@@H]1O[C@@H](OC[C@H]2O[C@@H](Oc3c(-c4ccc(O)cc4)oc4cc(O)cc(O)c4c3=O)[C@@H](O)[C@@H](O)[C@@H]2O)[C@H](O)[C@H](O[C@@H]2O[C@H](CO)[C@@H](O)[C@H](O)[C@H]2O)[C@H]1O. The molecule has 0 spiro atoms. The third kappa shape index (κ3) is 7.52. The van der Waals surface area contributed by atoms with Gasteiger partial charge in [-0.1, -0.05) is 0 Å². The molecule has 0 bridgehead atoms. The second-order valence-electron chi connectivity index (χ2n) is 12.9. The van der Waals surface area contributed by atoms with E-state index in [9.17, 15) is 66.1 Å². The maximum atomic E-state index is 13.7. The molecule has 4 heterocycles. The Balaban J connectivity index is 1.22. The van der Waals surface area contributed by atoms with Gasteiger partial charge in [-0.15, -0.1) is 0 Å². The molecule has 6 rings (SSSR count). The van der Waals surface area contributed by atoms with Crippen molar-refractivity contribution in [1.82, 2.24) is 0 Å². The van der Waals surface area contributed by atoms with Crippen LogP contribution in [0.25, 0.3) is 22.3 Å². The first-order chi connectivity index (χ1) is 25.1. The molecule has 20 heteroatoms. The van der Waals surface area contributed by atoms with Gasteiger partial charge in [0.05, 0.1) is 19.3 Å². The summed E-state index contributed by atoms with van der Waals surface area (Å²) in [5, 5.41) is 124. The average molecular weight is 757 g/mol. The molecule has 15 atom stereocenters. The molecule has 3 aliphatic rings. The van der Waals surface area contributed by atoms with E-state index in [0.717, 1.165) is 12.1 Å². The number of ether oxygens (including phenoxy) is 6. The Labute approximate surface area is 298 Å². The van der Waals surface area contributed by atoms with Crippen molar-refractivity contribution in [2.24, 2.45) is 0 Å². The summed E-state index contributed by atoms with van der Waals surface area (Å²) in [6.45, 7) is -0.0799. The molecule has 0 aliphatic carbocycles. The molecule has 53 heavy (non-hydrogen) atoms. The highest BCUT2D eigenvalue weighted by Gasteiger charge is 2.51. The van der Waals surface area contributed by atoms with Crippen molar-refractivity contribution in [3.63, 3.8) is 0 Å². The van der Waals surface area contributed by atoms with Crippen molar-refractivity contribution in [1.29, 1.82) is 0 Å². The number of rotatable bonds is 9. The molecule has 20 nitrogen and oxygen atoms in total. The Hall–Kier alpha value is -3.71. The Morgan fingerprint density at radius 1 is 0.679 bits per heavy atom. The Bertz CT molecular complexity index is 1780. The lowest BCUT2D eigenvalue weighted by Gasteiger charge is -2.46. The van der Waals surface area contributed by atoms with E-state index in [4.69, 9.17) is 32.8 Å². The van der Waals surface area contributed by atoms with Gasteiger partial charge in [0.25, 0.3) is 0 Å². The van der Waals surface area contributed by atoms with E-state index < -0.39 is 133 Å². The highest BCUT2D eigenvalue weighted by atomic mass is 16.7. The normalized spacial score (nSPS) is 37.8. The van der Waals surface area contributed by atoms with Crippen LogP contribution in [0.1, 0.15) is 6.92 Å². The van der Waals surface area contributed by atoms with Gasteiger partial charge in [-0.25, -0.2) is 0 Å². The number of aliphatic hydroxyl groups excluding tert-OH is 9. The number of fused-ring (bicyclic) bond motifs is 1. The highest BCUT2D eigenvalue weighted by molar-refractivity contribution is 5.88. The van der Waals surface area contributed by atoms with Crippen LogP contribution in [0.4, 0.5) is 0 Å². The van der Waals surface area contributed by atoms with Gasteiger partial charge in [0.1, 0.15) is 95.4 Å². The van der Waals surface area contributed by atoms with Crippen molar-refractivity contribution in [2.75, 3.05) is 13.2 Å². The quantitative estimate of drug-likeness (QED) is 0.100. The summed E-state index contributed by atoms with van der Waals surface area (Å²) in [6, 6.07) is 7.18. The molecule has 0 radical (unpaired) electrons. The summed E-state index contributed by atoms with van der Waals surface area (Å²) < 4.78 is 39.4. The molecule has 292 valence electrons. The van der Waals surface area contributed by atoms with Crippen LogP contribution < -0.4 is 10.2 Å². The van der Waals surface area contributed by atoms with Crippen LogP contribution in [0.3, 0.4) is 0 Å². The summed E-state index contributed by atoms with van der Waals surface area (Å²) in [7, 11) is 0. The van der Waals surface area contributed by atoms with Gasteiger partial charge >= 0.3 is 0 Å². The standard InChI is InChI=1S/C33H40O20/c1-10-19(38)29(52-32-25(44)23(42)20(39)16(8-34)50-32)27(46)31(48-10)47-9-17-21(40)24(43)26(45)33(51-17)53-30-22(41)18-14(37)6-13(36)7-15(18)49-28(30)11-2-4-12(35)5-3-11/h2-7,10,16-17,19-21,23-27,29,31-40,42-46H,8-9H2,1H3/t10-,16+,17+,19-,20+,21+,23-,24-,25+,26-,27+,29+,31+,32-,33-/m0/s1. The lowest BCUT2D eigenvalue weighted by atomic mass is 9.97. The van der Waals surface area contributed by atoms with Gasteiger partial charge in [0.15, 0.2) is 18.3 Å². The molecule has 12 N–H and O–H groups in total. The predicted octanol–water partition coefficient (Wildman–Crippen LogP) is -3.57. The van der Waals surface area contributed by atoms with Crippen molar-refractivity contribution in [3.05, 3.63) is 46.6 Å². The largest absolute Gasteiger partial charge is 0.508 e. The van der Waals surface area contributed by atoms with Gasteiger partial charge in [-0.2, -0.15) is 0 Å². The second kappa shape index (κ2) is 15.6. The smallest absolute Gasteiger partial charge is 0.239 e. The van der Waals surface area contributed by atoms with E-state index in [-0.39, 0.29) is 22.7 Å². The number of phenols is 3. The molecule has 3 fully saturated rings. The van der Waals surface area contributed by atoms with Gasteiger partial charge in [-0.3, -0.25) is 4.79 Å². The highest BCUT2D eigenvalue weighted by Crippen LogP contribution is 2.38. The summed E-state index contributed by atoms with van der Waals surface area (Å²) in [4.78, 5) is 13.7. The number of hydrogen-bond donors (Lipinski definition) is 12. The molecular weight excluding hydrogens is 716 g/mol. The zero-order chi connectivity index (χ0) is 38.5. The first kappa shape index (κ1) is 39.0. The van der Waals surface area contributed by atoms with Crippen LogP contribution in [0.2, 0.25) is 0 Å². The van der Waals surface area contributed by atoms with E-state index in [2.05, 4.69) is 0 Å². The molecule has 2 aromatic carbocycles. The Morgan fingerprint density at radius 2 is 1.30 bits per heavy atom. The minimum absolute atomic E-state index is 0.136. The van der Waals surface area contributed by atoms with E-state index >= 15 is 0 Å². The summed E-state index contributed by atoms with van der Waals surface area (Å²) in [5.74, 6) is -2.19. The van der Waals surface area contributed by atoms with Crippen molar-refractivity contribution in [3.8, 4) is 34.3 Å². The molecule has 3 saturated heterocycles. The fourth-order valence-electron chi connectivity index (χ4n) is 6.27. The number of benzene rings is 2. The first-order valence-corrected chi connectivity index (χ1v) is 16.4. The second-order valence-corrected chi connectivity index (χ2v) is 12.9. The fourth-order valence-corrected chi connectivity index (χ4v) is 6.27. The predicted molar refractivity (Wildman–Crippen MR) is 171 cm³/mol. The maximum absolute atomic E-state index is 13.7. The fraction of sp³-hybridized carbons (Fsp3) is 0.545. The Kier molecular flexibility index (Phi) is 11.5. The van der Waals surface area contributed by atoms with E-state index in [1.807, 2.05) is 0 Å². The molecular formula is C33H40O20. The molecule has 0 amide bonds. The number of hydrogen-bond acceptors (Lipinski definition) is 20. The first-order valence-electron chi connectivity index (χ1n) is 16.4. The van der Waals surface area contributed by atoms with Crippen LogP contribution in [-0.2, 0) is 23.7 Å². The van der Waals surface area contributed by atoms with Crippen LogP contribution in [0.15, 0.2) is 45.6 Å². The van der Waals surface area contributed by atoms with Crippen LogP contribution in [-0.4, -0.2) is 167 Å². The summed E-state index contributed by atoms with van der Waals surface area (Å²) >= 11 is 0. The van der Waals surface area contributed by atoms with Crippen LogP contribution in [0.5, 0.6) is 23.0 Å². The van der Waals surface area contributed by atoms with Gasteiger partial charge < -0.3 is 94.1 Å². The topological polar surface area (TPSA) is 328 Å². The monoisotopic (exact) mass is 756 g/mol. The van der Waals surface area contributed by atoms with Gasteiger partial charge in [-0.05, 0) is 31.2 Å². The van der Waals surface area contributed by atoms with Gasteiger partial charge in [0.2, 0.25) is 17.5 Å². The minimum atomic E-state index is -2.00. The molecule has 1 aromatic heterocycles. The summed E-state index contributed by atoms with van der Waals surface area (Å²) in [6.07, 6.45) is -25.6. The van der Waals surface area contributed by atoms with E-state index in [1.165, 1.54) is 31.2 Å². The zero-order valence-corrected chi connectivity index (χ0v) is 27.7. The minimum Gasteiger partial charge on any atom is -0.508 e.